The lowest BCUT2D eigenvalue weighted by Gasteiger charge is -2.28. The van der Waals surface area contributed by atoms with Gasteiger partial charge in [-0.1, -0.05) is 216 Å². The molecule has 0 spiro atoms. The molecule has 0 aliphatic rings. The number of aryl methyl sites for hydroxylation is 2. The highest BCUT2D eigenvalue weighted by Crippen LogP contribution is 2.43. The van der Waals surface area contributed by atoms with Crippen molar-refractivity contribution < 1.29 is 24.4 Å². The minimum absolute atomic E-state index is 0.0860. The number of hydrogen-bond donors (Lipinski definition) is 0. The Labute approximate surface area is 472 Å². The Morgan fingerprint density at radius 1 is 0.506 bits per heavy atom. The Balaban J connectivity index is 1.10. The number of nitrogens with zero attached hydrogens (tertiary/aromatic N) is 4. The molecule has 3 aromatic heterocycles. The fraction of sp³-hybridized carbons (Fsp3) is 0.250. The van der Waals surface area contributed by atoms with E-state index in [9.17, 15) is 0 Å². The van der Waals surface area contributed by atoms with Crippen LogP contribution >= 0.6 is 0 Å². The average Bonchev–Trinajstić information content (AvgIpc) is 1.44. The summed E-state index contributed by atoms with van der Waals surface area (Å²) in [4.78, 5) is 4.76. The lowest BCUT2D eigenvalue weighted by Crippen LogP contribution is -2.32. The number of para-hydroxylation sites is 3. The molecule has 0 unspecified atom stereocenters. The van der Waals surface area contributed by atoms with Gasteiger partial charge in [0.25, 0.3) is 6.33 Å². The number of benzene rings is 8. The van der Waals surface area contributed by atoms with Gasteiger partial charge in [0, 0.05) is 36.8 Å². The van der Waals surface area contributed by atoms with E-state index >= 15 is 0 Å². The van der Waals surface area contributed by atoms with Gasteiger partial charge in [0.2, 0.25) is 0 Å². The van der Waals surface area contributed by atoms with Crippen molar-refractivity contribution in [1.29, 1.82) is 0 Å². The summed E-state index contributed by atoms with van der Waals surface area (Å²) in [5, 5.41) is 1.71. The van der Waals surface area contributed by atoms with Gasteiger partial charge in [-0.05, 0) is 133 Å². The van der Waals surface area contributed by atoms with E-state index in [4.69, 9.17) is 24.8 Å². The first-order chi connectivity index (χ1) is 41.0. The van der Waals surface area contributed by atoms with Gasteiger partial charge in [0.1, 0.15) is 17.3 Å². The number of imidazole rings is 1. The molecule has 0 saturated heterocycles. The first-order valence-electron chi connectivity index (χ1n) is 31.9. The van der Waals surface area contributed by atoms with E-state index in [2.05, 4.69) is 143 Å². The van der Waals surface area contributed by atoms with Crippen molar-refractivity contribution in [2.24, 2.45) is 0 Å². The number of aromatic nitrogens is 4. The second-order valence-electron chi connectivity index (χ2n) is 24.5. The van der Waals surface area contributed by atoms with Crippen LogP contribution in [-0.2, 0) is 21.7 Å². The molecule has 8 aromatic carbocycles. The van der Waals surface area contributed by atoms with E-state index in [1.54, 1.807) is 0 Å². The van der Waals surface area contributed by atoms with Gasteiger partial charge < -0.3 is 4.74 Å². The molecule has 0 radical (unpaired) electrons. The fourth-order valence-corrected chi connectivity index (χ4v) is 10.3. The van der Waals surface area contributed by atoms with Crippen LogP contribution in [0.1, 0.15) is 132 Å². The molecule has 77 heavy (non-hydrogen) atoms. The molecule has 0 aliphatic heterocycles. The zero-order valence-electron chi connectivity index (χ0n) is 57.1. The Hall–Kier alpha value is -8.02. The first kappa shape index (κ1) is 39.4. The Morgan fingerprint density at radius 3 is 1.68 bits per heavy atom. The zero-order chi connectivity index (χ0) is 63.7. The number of pyridine rings is 1. The van der Waals surface area contributed by atoms with E-state index < -0.39 is 43.9 Å². The van der Waals surface area contributed by atoms with Crippen molar-refractivity contribution in [3.8, 4) is 62.1 Å². The summed E-state index contributed by atoms with van der Waals surface area (Å²) in [6.45, 7) is 21.3. The number of ether oxygens (including phenoxy) is 1. The molecule has 0 amide bonds. The molecule has 0 N–H and O–H groups in total. The molecular formula is C72H72N4O. The smallest absolute Gasteiger partial charge is 0.269 e. The maximum Gasteiger partial charge on any atom is 0.269 e. The molecular weight excluding hydrogens is 937 g/mol. The minimum atomic E-state index is -2.77. The van der Waals surface area contributed by atoms with Crippen molar-refractivity contribution in [2.75, 3.05) is 0 Å². The van der Waals surface area contributed by atoms with E-state index in [1.165, 1.54) is 12.3 Å². The Kier molecular flexibility index (Phi) is 9.67. The maximum absolute atomic E-state index is 9.04. The predicted molar refractivity (Wildman–Crippen MR) is 323 cm³/mol. The molecule has 3 heterocycles. The van der Waals surface area contributed by atoms with E-state index in [0.29, 0.717) is 17.0 Å². The van der Waals surface area contributed by atoms with Crippen molar-refractivity contribution in [3.63, 3.8) is 0 Å². The lowest BCUT2D eigenvalue weighted by molar-refractivity contribution is -0.571. The first-order valence-corrected chi connectivity index (χ1v) is 26.4. The summed E-state index contributed by atoms with van der Waals surface area (Å²) in [6, 6.07) is 45.0. The van der Waals surface area contributed by atoms with Crippen LogP contribution in [0.15, 0.2) is 182 Å². The predicted octanol–water partition coefficient (Wildman–Crippen LogP) is 18.8. The quantitative estimate of drug-likeness (QED) is 0.112. The molecule has 0 bridgehead atoms. The highest BCUT2D eigenvalue weighted by atomic mass is 16.5. The third-order valence-corrected chi connectivity index (χ3v) is 14.7. The normalized spacial score (nSPS) is 14.9. The van der Waals surface area contributed by atoms with Crippen LogP contribution in [-0.4, -0.2) is 14.1 Å². The van der Waals surface area contributed by atoms with Crippen molar-refractivity contribution in [1.82, 2.24) is 14.1 Å². The third-order valence-electron chi connectivity index (χ3n) is 14.7. The molecule has 0 fully saturated rings. The molecule has 0 aliphatic carbocycles. The highest BCUT2D eigenvalue weighted by molar-refractivity contribution is 6.09. The molecule has 5 heteroatoms. The SMILES string of the molecule is [2H]c1c([2H])c([2H])c(-c2cnc(-n3c4ccccc4c4ccc(Oc5cccc(-n6[c-][n+](-c7c(-c8cc(C(C)(C)C)cc(C(C)(C)C)c8)cc(C([2H])([2H])[2H])cc7-c7cc(C(C)(C)C)cc(C(C)(C)C)c7)c7ccccc76)c5)cc43)cc2C([2H])([2H])[2H])c([2H])c1[2H]. The molecule has 11 rings (SSSR count). The van der Waals surface area contributed by atoms with Gasteiger partial charge >= 0.3 is 0 Å². The van der Waals surface area contributed by atoms with Crippen molar-refractivity contribution in [3.05, 3.63) is 222 Å². The Bertz CT molecular complexity index is 4420. The van der Waals surface area contributed by atoms with Crippen LogP contribution in [0.2, 0.25) is 0 Å². The topological polar surface area (TPSA) is 35.9 Å². The van der Waals surface area contributed by atoms with Gasteiger partial charge in [-0.25, -0.2) is 4.98 Å². The standard InChI is InChI=1S/C72H72N4O/c1-46-33-60(49-36-51(69(3,4)5)40-52(37-49)70(6,7)8)68(61(34-46)50-38-53(71(9,10)11)41-54(39-50)72(12,13)14)75-45-74(64-29-20-21-30-65(64)75)55-25-22-26-56(42-55)77-57-31-32-59-58-27-18-19-28-63(58)76(66(59)43-57)67-35-47(2)62(44-73-67)48-23-16-15-17-24-48/h15-44H,1-14H3/i1D3,2D3,15D,16D,17D,23D,24D. The van der Waals surface area contributed by atoms with E-state index in [-0.39, 0.29) is 49.7 Å². The summed E-state index contributed by atoms with van der Waals surface area (Å²) in [6.07, 6.45) is 5.09. The van der Waals surface area contributed by atoms with Crippen molar-refractivity contribution >= 4 is 32.8 Å². The number of rotatable bonds is 8. The lowest BCUT2D eigenvalue weighted by atomic mass is 9.77. The van der Waals surface area contributed by atoms with Gasteiger partial charge in [0.15, 0.2) is 0 Å². The van der Waals surface area contributed by atoms with Crippen LogP contribution < -0.4 is 9.30 Å². The van der Waals surface area contributed by atoms with Crippen molar-refractivity contribution in [2.45, 2.75) is 118 Å². The summed E-state index contributed by atoms with van der Waals surface area (Å²) >= 11 is 0. The second-order valence-corrected chi connectivity index (χ2v) is 24.5. The average molecular weight is 1020 g/mol. The summed E-state index contributed by atoms with van der Waals surface area (Å²) in [7, 11) is 0. The van der Waals surface area contributed by atoms with Gasteiger partial charge in [-0.15, -0.1) is 0 Å². The van der Waals surface area contributed by atoms with Crippen LogP contribution in [0.4, 0.5) is 0 Å². The monoisotopic (exact) mass is 1020 g/mol. The molecule has 5 nitrogen and oxygen atoms in total. The summed E-state index contributed by atoms with van der Waals surface area (Å²) in [5.74, 6) is 1.22. The maximum atomic E-state index is 9.04. The van der Waals surface area contributed by atoms with Crippen LogP contribution in [0.3, 0.4) is 0 Å². The van der Waals surface area contributed by atoms with Crippen LogP contribution in [0.25, 0.3) is 83.4 Å². The summed E-state index contributed by atoms with van der Waals surface area (Å²) in [5.41, 5.74) is 11.1. The number of fused-ring (bicyclic) bond motifs is 4. The Morgan fingerprint density at radius 2 is 1.08 bits per heavy atom. The van der Waals surface area contributed by atoms with E-state index in [1.807, 2.05) is 100 Å². The number of hydrogen-bond acceptors (Lipinski definition) is 2. The minimum Gasteiger partial charge on any atom is -0.458 e. The van der Waals surface area contributed by atoms with Crippen LogP contribution in [0.5, 0.6) is 11.5 Å². The highest BCUT2D eigenvalue weighted by Gasteiger charge is 2.28. The molecule has 386 valence electrons. The third kappa shape index (κ3) is 9.78. The van der Waals surface area contributed by atoms with E-state index in [0.717, 1.165) is 83.2 Å². The largest absolute Gasteiger partial charge is 0.458 e. The molecule has 0 saturated carbocycles. The van der Waals surface area contributed by atoms with Gasteiger partial charge in [-0.2, -0.15) is 0 Å². The zero-order valence-corrected chi connectivity index (χ0v) is 46.1. The van der Waals surface area contributed by atoms with Gasteiger partial charge in [0.05, 0.1) is 40.3 Å². The fourth-order valence-electron chi connectivity index (χ4n) is 10.3. The van der Waals surface area contributed by atoms with Crippen LogP contribution in [0, 0.1) is 20.0 Å². The second kappa shape index (κ2) is 18.9. The summed E-state index contributed by atoms with van der Waals surface area (Å²) < 4.78 is 108. The molecule has 11 aromatic rings. The molecule has 0 atom stereocenters. The van der Waals surface area contributed by atoms with Gasteiger partial charge in [-0.3, -0.25) is 13.7 Å².